The van der Waals surface area contributed by atoms with E-state index in [1.165, 1.54) is 22.5 Å². The van der Waals surface area contributed by atoms with Gasteiger partial charge in [-0.15, -0.1) is 0 Å². The van der Waals surface area contributed by atoms with Gasteiger partial charge in [-0.05, 0) is 55.7 Å². The Morgan fingerprint density at radius 3 is 2.52 bits per heavy atom. The van der Waals surface area contributed by atoms with Gasteiger partial charge in [-0.25, -0.2) is 17.8 Å². The largest absolute Gasteiger partial charge is 0.357 e. The van der Waals surface area contributed by atoms with E-state index >= 15 is 0 Å². The number of aromatic nitrogens is 1. The number of hydrogen-bond acceptors (Lipinski definition) is 4. The fraction of sp³-hybridized carbons (Fsp3) is 0.389. The van der Waals surface area contributed by atoms with E-state index in [-0.39, 0.29) is 10.9 Å². The highest BCUT2D eigenvalue weighted by atomic mass is 32.2. The molecule has 1 aliphatic heterocycles. The predicted octanol–water partition coefficient (Wildman–Crippen LogP) is 2.82. The number of sulfonamides is 1. The highest BCUT2D eigenvalue weighted by molar-refractivity contribution is 7.89. The Balaban J connectivity index is 1.71. The molecule has 2 heterocycles. The topological polar surface area (TPSA) is 53.5 Å². The molecule has 7 heteroatoms. The van der Waals surface area contributed by atoms with Crippen LogP contribution < -0.4 is 4.90 Å². The van der Waals surface area contributed by atoms with Gasteiger partial charge in [-0.1, -0.05) is 6.07 Å². The van der Waals surface area contributed by atoms with Crippen molar-refractivity contribution < 1.29 is 12.8 Å². The smallest absolute Gasteiger partial charge is 0.243 e. The summed E-state index contributed by atoms with van der Waals surface area (Å²) in [6.45, 7) is 2.51. The second-order valence-electron chi connectivity index (χ2n) is 6.34. The average Bonchev–Trinajstić information content (AvgIpc) is 2.61. The molecule has 0 saturated carbocycles. The van der Waals surface area contributed by atoms with Crippen LogP contribution in [0.25, 0.3) is 0 Å². The number of pyridine rings is 1. The number of anilines is 1. The summed E-state index contributed by atoms with van der Waals surface area (Å²) in [5.41, 5.74) is 0.438. The van der Waals surface area contributed by atoms with Crippen molar-refractivity contribution in [3.8, 4) is 0 Å². The van der Waals surface area contributed by atoms with E-state index in [1.807, 2.05) is 25.2 Å². The Morgan fingerprint density at radius 2 is 1.92 bits per heavy atom. The summed E-state index contributed by atoms with van der Waals surface area (Å²) in [4.78, 5) is 6.64. The molecule has 1 aliphatic rings. The zero-order valence-corrected chi connectivity index (χ0v) is 15.2. The van der Waals surface area contributed by atoms with Crippen LogP contribution in [-0.4, -0.2) is 43.9 Å². The summed E-state index contributed by atoms with van der Waals surface area (Å²) < 4.78 is 40.4. The molecular weight excluding hydrogens is 341 g/mol. The van der Waals surface area contributed by atoms with Crippen molar-refractivity contribution in [1.82, 2.24) is 9.29 Å². The van der Waals surface area contributed by atoms with Crippen LogP contribution >= 0.6 is 0 Å². The van der Waals surface area contributed by atoms with Crippen molar-refractivity contribution in [3.05, 3.63) is 54.0 Å². The van der Waals surface area contributed by atoms with Gasteiger partial charge in [0, 0.05) is 32.4 Å². The van der Waals surface area contributed by atoms with E-state index in [0.29, 0.717) is 18.7 Å². The standard InChI is InChI=1S/C18H22FN3O2S/c1-14-13-15(19)6-7-17(14)25(23,24)22-11-8-16(9-12-22)21(2)18-5-3-4-10-20-18/h3-7,10,13,16H,8-9,11-12H2,1-2H3. The first-order chi connectivity index (χ1) is 11.9. The molecule has 0 amide bonds. The molecule has 0 aliphatic carbocycles. The summed E-state index contributed by atoms with van der Waals surface area (Å²) in [7, 11) is -1.60. The highest BCUT2D eigenvalue weighted by Crippen LogP contribution is 2.26. The summed E-state index contributed by atoms with van der Waals surface area (Å²) in [6, 6.07) is 9.82. The van der Waals surface area contributed by atoms with E-state index in [0.717, 1.165) is 18.7 Å². The molecule has 1 saturated heterocycles. The van der Waals surface area contributed by atoms with Crippen LogP contribution in [-0.2, 0) is 10.0 Å². The number of halogens is 1. The maximum atomic E-state index is 13.3. The summed E-state index contributed by atoms with van der Waals surface area (Å²) in [5.74, 6) is 0.463. The molecular formula is C18H22FN3O2S. The molecule has 1 fully saturated rings. The highest BCUT2D eigenvalue weighted by Gasteiger charge is 2.32. The number of rotatable bonds is 4. The lowest BCUT2D eigenvalue weighted by Crippen LogP contribution is -2.45. The second-order valence-corrected chi connectivity index (χ2v) is 8.25. The first-order valence-corrected chi connectivity index (χ1v) is 9.74. The third kappa shape index (κ3) is 3.67. The zero-order chi connectivity index (χ0) is 18.0. The lowest BCUT2D eigenvalue weighted by Gasteiger charge is -2.36. The molecule has 0 bridgehead atoms. The molecule has 5 nitrogen and oxygen atoms in total. The Labute approximate surface area is 148 Å². The normalized spacial score (nSPS) is 16.8. The van der Waals surface area contributed by atoms with Crippen LogP contribution in [0.3, 0.4) is 0 Å². The van der Waals surface area contributed by atoms with Crippen LogP contribution in [0.2, 0.25) is 0 Å². The van der Waals surface area contributed by atoms with Crippen LogP contribution in [0.5, 0.6) is 0 Å². The lowest BCUT2D eigenvalue weighted by atomic mass is 10.1. The maximum Gasteiger partial charge on any atom is 0.243 e. The molecule has 0 atom stereocenters. The van der Waals surface area contributed by atoms with Crippen molar-refractivity contribution in [2.24, 2.45) is 0 Å². The van der Waals surface area contributed by atoms with E-state index in [9.17, 15) is 12.8 Å². The van der Waals surface area contributed by atoms with Crippen LogP contribution in [0, 0.1) is 12.7 Å². The van der Waals surface area contributed by atoms with Crippen LogP contribution in [0.4, 0.5) is 10.2 Å². The monoisotopic (exact) mass is 363 g/mol. The van der Waals surface area contributed by atoms with Gasteiger partial charge in [0.25, 0.3) is 0 Å². The molecule has 134 valence electrons. The third-order valence-corrected chi connectivity index (χ3v) is 6.80. The minimum absolute atomic E-state index is 0.186. The number of hydrogen-bond donors (Lipinski definition) is 0. The van der Waals surface area contributed by atoms with Gasteiger partial charge in [0.1, 0.15) is 11.6 Å². The minimum Gasteiger partial charge on any atom is -0.357 e. The molecule has 0 N–H and O–H groups in total. The molecule has 1 aromatic carbocycles. The summed E-state index contributed by atoms with van der Waals surface area (Å²) >= 11 is 0. The van der Waals surface area contributed by atoms with Gasteiger partial charge < -0.3 is 4.90 Å². The maximum absolute atomic E-state index is 13.3. The van der Waals surface area contributed by atoms with Gasteiger partial charge in [0.15, 0.2) is 0 Å². The lowest BCUT2D eigenvalue weighted by molar-refractivity contribution is 0.314. The summed E-state index contributed by atoms with van der Waals surface area (Å²) in [6.07, 6.45) is 3.21. The average molecular weight is 363 g/mol. The molecule has 0 radical (unpaired) electrons. The van der Waals surface area contributed by atoms with E-state index in [4.69, 9.17) is 0 Å². The number of piperidine rings is 1. The van der Waals surface area contributed by atoms with Gasteiger partial charge >= 0.3 is 0 Å². The quantitative estimate of drug-likeness (QED) is 0.838. The van der Waals surface area contributed by atoms with Crippen LogP contribution in [0.1, 0.15) is 18.4 Å². The first-order valence-electron chi connectivity index (χ1n) is 8.30. The Morgan fingerprint density at radius 1 is 1.20 bits per heavy atom. The van der Waals surface area contributed by atoms with Gasteiger partial charge in [-0.2, -0.15) is 4.31 Å². The van der Waals surface area contributed by atoms with Gasteiger partial charge in [0.05, 0.1) is 4.90 Å². The van der Waals surface area contributed by atoms with Crippen molar-refractivity contribution in [1.29, 1.82) is 0 Å². The summed E-state index contributed by atoms with van der Waals surface area (Å²) in [5, 5.41) is 0. The van der Waals surface area contributed by atoms with Crippen molar-refractivity contribution in [2.45, 2.75) is 30.7 Å². The number of benzene rings is 1. The zero-order valence-electron chi connectivity index (χ0n) is 14.4. The predicted molar refractivity (Wildman–Crippen MR) is 95.6 cm³/mol. The van der Waals surface area contributed by atoms with Gasteiger partial charge in [-0.3, -0.25) is 0 Å². The van der Waals surface area contributed by atoms with E-state index in [2.05, 4.69) is 9.88 Å². The first kappa shape index (κ1) is 17.8. The fourth-order valence-electron chi connectivity index (χ4n) is 3.26. The molecule has 2 aromatic rings. The molecule has 0 unspecified atom stereocenters. The Bertz CT molecular complexity index is 835. The van der Waals surface area contributed by atoms with E-state index in [1.54, 1.807) is 13.1 Å². The third-order valence-electron chi connectivity index (χ3n) is 4.74. The van der Waals surface area contributed by atoms with Crippen molar-refractivity contribution >= 4 is 15.8 Å². The van der Waals surface area contributed by atoms with E-state index < -0.39 is 15.8 Å². The molecule has 3 rings (SSSR count). The fourth-order valence-corrected chi connectivity index (χ4v) is 4.94. The molecule has 0 spiro atoms. The SMILES string of the molecule is Cc1cc(F)ccc1S(=O)(=O)N1CCC(N(C)c2ccccn2)CC1. The molecule has 1 aromatic heterocycles. The molecule has 25 heavy (non-hydrogen) atoms. The Kier molecular flexibility index (Phi) is 5.06. The van der Waals surface area contributed by atoms with Crippen molar-refractivity contribution in [2.75, 3.05) is 25.0 Å². The minimum atomic E-state index is -3.59. The number of nitrogens with zero attached hydrogens (tertiary/aromatic N) is 3. The Hall–Kier alpha value is -1.99. The second kappa shape index (κ2) is 7.09. The number of aryl methyl sites for hydroxylation is 1. The van der Waals surface area contributed by atoms with Crippen molar-refractivity contribution in [3.63, 3.8) is 0 Å². The van der Waals surface area contributed by atoms with Gasteiger partial charge in [0.2, 0.25) is 10.0 Å². The van der Waals surface area contributed by atoms with Crippen LogP contribution in [0.15, 0.2) is 47.5 Å².